The normalized spacial score (nSPS) is 10.9. The van der Waals surface area contributed by atoms with E-state index in [0.29, 0.717) is 0 Å². The van der Waals surface area contributed by atoms with Crippen molar-refractivity contribution in [2.24, 2.45) is 0 Å². The lowest BCUT2D eigenvalue weighted by molar-refractivity contribution is 0.618. The standard InChI is InChI=1S/C11H17BrClNS/c1-14-7-5-3-2-4-6-9-8-10(12)11(13)15-9/h8,14H,2-7H2,1H3. The highest BCUT2D eigenvalue weighted by molar-refractivity contribution is 9.10. The molecule has 0 aliphatic rings. The fourth-order valence-electron chi connectivity index (χ4n) is 1.47. The number of aryl methyl sites for hydroxylation is 1. The lowest BCUT2D eigenvalue weighted by Gasteiger charge is -1.99. The van der Waals surface area contributed by atoms with Gasteiger partial charge >= 0.3 is 0 Å². The molecular weight excluding hydrogens is 294 g/mol. The number of nitrogens with one attached hydrogen (secondary N) is 1. The molecule has 4 heteroatoms. The van der Waals surface area contributed by atoms with E-state index in [4.69, 9.17) is 11.6 Å². The van der Waals surface area contributed by atoms with Crippen LogP contribution in [0, 0.1) is 0 Å². The first kappa shape index (κ1) is 13.5. The molecule has 0 bridgehead atoms. The summed E-state index contributed by atoms with van der Waals surface area (Å²) in [5.74, 6) is 0. The summed E-state index contributed by atoms with van der Waals surface area (Å²) in [5.41, 5.74) is 0. The predicted octanol–water partition coefficient (Wildman–Crippen LogP) is 4.49. The second-order valence-corrected chi connectivity index (χ2v) is 6.20. The smallest absolute Gasteiger partial charge is 0.107 e. The number of unbranched alkanes of at least 4 members (excludes halogenated alkanes) is 3. The van der Waals surface area contributed by atoms with Crippen LogP contribution in [0.5, 0.6) is 0 Å². The minimum atomic E-state index is 0.875. The molecule has 86 valence electrons. The highest BCUT2D eigenvalue weighted by Gasteiger charge is 2.03. The van der Waals surface area contributed by atoms with Gasteiger partial charge in [-0.1, -0.05) is 24.4 Å². The highest BCUT2D eigenvalue weighted by atomic mass is 79.9. The third-order valence-corrected chi connectivity index (χ3v) is 4.83. The summed E-state index contributed by atoms with van der Waals surface area (Å²) in [7, 11) is 2.01. The van der Waals surface area contributed by atoms with Gasteiger partial charge in [-0.05, 0) is 54.9 Å². The third kappa shape index (κ3) is 5.34. The number of halogens is 2. The van der Waals surface area contributed by atoms with Crippen LogP contribution < -0.4 is 5.32 Å². The van der Waals surface area contributed by atoms with E-state index in [1.54, 1.807) is 11.3 Å². The van der Waals surface area contributed by atoms with Crippen molar-refractivity contribution in [2.45, 2.75) is 32.1 Å². The molecule has 0 aliphatic carbocycles. The van der Waals surface area contributed by atoms with Gasteiger partial charge in [0.25, 0.3) is 0 Å². The van der Waals surface area contributed by atoms with Crippen molar-refractivity contribution in [2.75, 3.05) is 13.6 Å². The van der Waals surface area contributed by atoms with E-state index in [-0.39, 0.29) is 0 Å². The van der Waals surface area contributed by atoms with Crippen LogP contribution in [-0.2, 0) is 6.42 Å². The Morgan fingerprint density at radius 1 is 1.33 bits per heavy atom. The Balaban J connectivity index is 2.10. The summed E-state index contributed by atoms with van der Waals surface area (Å²) in [4.78, 5) is 1.39. The molecule has 0 radical (unpaired) electrons. The molecular formula is C11H17BrClNS. The number of thiophene rings is 1. The van der Waals surface area contributed by atoms with Gasteiger partial charge in [-0.15, -0.1) is 11.3 Å². The molecule has 0 fully saturated rings. The SMILES string of the molecule is CNCCCCCCc1cc(Br)c(Cl)s1. The minimum absolute atomic E-state index is 0.875. The molecule has 0 saturated heterocycles. The van der Waals surface area contributed by atoms with Crippen molar-refractivity contribution in [1.82, 2.24) is 5.32 Å². The Bertz CT molecular complexity index is 269. The lowest BCUT2D eigenvalue weighted by Crippen LogP contribution is -2.06. The molecule has 0 aliphatic heterocycles. The Hall–Kier alpha value is 0.430. The van der Waals surface area contributed by atoms with Crippen molar-refractivity contribution in [3.05, 3.63) is 19.8 Å². The quantitative estimate of drug-likeness (QED) is 0.732. The van der Waals surface area contributed by atoms with E-state index < -0.39 is 0 Å². The maximum atomic E-state index is 5.97. The third-order valence-electron chi connectivity index (χ3n) is 2.30. The zero-order valence-electron chi connectivity index (χ0n) is 8.98. The van der Waals surface area contributed by atoms with E-state index in [2.05, 4.69) is 27.3 Å². The van der Waals surface area contributed by atoms with Gasteiger partial charge in [-0.25, -0.2) is 0 Å². The van der Waals surface area contributed by atoms with E-state index >= 15 is 0 Å². The second kappa shape index (κ2) is 7.66. The van der Waals surface area contributed by atoms with Crippen LogP contribution in [-0.4, -0.2) is 13.6 Å². The average Bonchev–Trinajstić information content (AvgIpc) is 2.52. The topological polar surface area (TPSA) is 12.0 Å². The van der Waals surface area contributed by atoms with E-state index in [1.807, 2.05) is 7.05 Å². The maximum absolute atomic E-state index is 5.97. The molecule has 0 amide bonds. The van der Waals surface area contributed by atoms with Gasteiger partial charge in [-0.2, -0.15) is 0 Å². The van der Waals surface area contributed by atoms with Crippen LogP contribution in [0.25, 0.3) is 0 Å². The first-order valence-electron chi connectivity index (χ1n) is 5.32. The Labute approximate surface area is 109 Å². The second-order valence-electron chi connectivity index (χ2n) is 3.60. The molecule has 0 spiro atoms. The fraction of sp³-hybridized carbons (Fsp3) is 0.636. The van der Waals surface area contributed by atoms with E-state index in [9.17, 15) is 0 Å². The van der Waals surface area contributed by atoms with Crippen LogP contribution in [0.4, 0.5) is 0 Å². The summed E-state index contributed by atoms with van der Waals surface area (Å²) < 4.78 is 1.92. The zero-order valence-corrected chi connectivity index (χ0v) is 12.1. The molecule has 1 N–H and O–H groups in total. The van der Waals surface area contributed by atoms with Gasteiger partial charge in [0, 0.05) is 9.35 Å². The molecule has 15 heavy (non-hydrogen) atoms. The fourth-order valence-corrected chi connectivity index (χ4v) is 3.30. The lowest BCUT2D eigenvalue weighted by atomic mass is 10.1. The van der Waals surface area contributed by atoms with Gasteiger partial charge in [-0.3, -0.25) is 0 Å². The molecule has 1 rings (SSSR count). The van der Waals surface area contributed by atoms with Crippen molar-refractivity contribution in [1.29, 1.82) is 0 Å². The summed E-state index contributed by atoms with van der Waals surface area (Å²) >= 11 is 11.1. The van der Waals surface area contributed by atoms with Crippen LogP contribution >= 0.6 is 38.9 Å². The molecule has 0 unspecified atom stereocenters. The Kier molecular flexibility index (Phi) is 6.89. The number of hydrogen-bond donors (Lipinski definition) is 1. The van der Waals surface area contributed by atoms with E-state index in [1.165, 1.54) is 30.6 Å². The molecule has 1 nitrogen and oxygen atoms in total. The average molecular weight is 311 g/mol. The van der Waals surface area contributed by atoms with E-state index in [0.717, 1.165) is 21.8 Å². The van der Waals surface area contributed by atoms with Crippen molar-refractivity contribution < 1.29 is 0 Å². The van der Waals surface area contributed by atoms with Gasteiger partial charge in [0.1, 0.15) is 4.34 Å². The largest absolute Gasteiger partial charge is 0.320 e. The Morgan fingerprint density at radius 2 is 2.07 bits per heavy atom. The van der Waals surface area contributed by atoms with Gasteiger partial charge in [0.05, 0.1) is 0 Å². The van der Waals surface area contributed by atoms with Gasteiger partial charge in [0.15, 0.2) is 0 Å². The van der Waals surface area contributed by atoms with Crippen molar-refractivity contribution >= 4 is 38.9 Å². The monoisotopic (exact) mass is 309 g/mol. The summed E-state index contributed by atoms with van der Waals surface area (Å²) in [6.07, 6.45) is 6.35. The van der Waals surface area contributed by atoms with Crippen LogP contribution in [0.1, 0.15) is 30.6 Å². The summed E-state index contributed by atoms with van der Waals surface area (Å²) in [5, 5.41) is 3.17. The first-order valence-corrected chi connectivity index (χ1v) is 7.31. The molecule has 1 heterocycles. The van der Waals surface area contributed by atoms with Crippen molar-refractivity contribution in [3.8, 4) is 0 Å². The maximum Gasteiger partial charge on any atom is 0.107 e. The van der Waals surface area contributed by atoms with Gasteiger partial charge < -0.3 is 5.32 Å². The number of hydrogen-bond acceptors (Lipinski definition) is 2. The molecule has 0 atom stereocenters. The first-order chi connectivity index (χ1) is 7.24. The van der Waals surface area contributed by atoms with Crippen LogP contribution in [0.3, 0.4) is 0 Å². The highest BCUT2D eigenvalue weighted by Crippen LogP contribution is 2.32. The predicted molar refractivity (Wildman–Crippen MR) is 73.1 cm³/mol. The summed E-state index contributed by atoms with van der Waals surface area (Å²) in [6, 6.07) is 2.14. The number of rotatable bonds is 7. The van der Waals surface area contributed by atoms with Gasteiger partial charge in [0.2, 0.25) is 0 Å². The molecule has 0 saturated carbocycles. The molecule has 0 aromatic carbocycles. The van der Waals surface area contributed by atoms with Crippen LogP contribution in [0.2, 0.25) is 4.34 Å². The van der Waals surface area contributed by atoms with Crippen LogP contribution in [0.15, 0.2) is 10.5 Å². The molecule has 1 aromatic heterocycles. The van der Waals surface area contributed by atoms with Crippen molar-refractivity contribution in [3.63, 3.8) is 0 Å². The minimum Gasteiger partial charge on any atom is -0.320 e. The molecule has 1 aromatic rings. The zero-order chi connectivity index (χ0) is 11.1. The Morgan fingerprint density at radius 3 is 2.67 bits per heavy atom. The summed E-state index contributed by atoms with van der Waals surface area (Å²) in [6.45, 7) is 1.14.